The molecule has 0 aromatic heterocycles. The first kappa shape index (κ1) is 5.96. The SMILES string of the molecule is COC1CC[C+]CC1. The van der Waals surface area contributed by atoms with E-state index in [4.69, 9.17) is 4.74 Å². The zero-order chi connectivity index (χ0) is 5.82. The molecule has 1 heteroatoms. The normalized spacial score (nSPS) is 22.6. The van der Waals surface area contributed by atoms with E-state index >= 15 is 0 Å². The lowest BCUT2D eigenvalue weighted by Gasteiger charge is -2.12. The first-order valence-electron chi connectivity index (χ1n) is 3.17. The molecular formula is C7H12O+. The summed E-state index contributed by atoms with van der Waals surface area (Å²) in [5.41, 5.74) is 0. The molecule has 1 fully saturated rings. The van der Waals surface area contributed by atoms with Gasteiger partial charge in [0.15, 0.2) is 0 Å². The van der Waals surface area contributed by atoms with Crippen LogP contribution in [0.1, 0.15) is 25.7 Å². The molecule has 1 aliphatic rings. The van der Waals surface area contributed by atoms with Gasteiger partial charge in [-0.3, -0.25) is 0 Å². The molecule has 0 atom stereocenters. The highest BCUT2D eigenvalue weighted by atomic mass is 16.5. The zero-order valence-corrected chi connectivity index (χ0v) is 5.31. The summed E-state index contributed by atoms with van der Waals surface area (Å²) in [6, 6.07) is 0. The van der Waals surface area contributed by atoms with Crippen LogP contribution in [0.4, 0.5) is 0 Å². The van der Waals surface area contributed by atoms with Gasteiger partial charge < -0.3 is 4.74 Å². The van der Waals surface area contributed by atoms with Gasteiger partial charge in [-0.15, -0.1) is 0 Å². The first-order valence-corrected chi connectivity index (χ1v) is 3.17. The fourth-order valence-corrected chi connectivity index (χ4v) is 1.03. The fourth-order valence-electron chi connectivity index (χ4n) is 1.03. The minimum Gasteiger partial charge on any atom is -0.381 e. The largest absolute Gasteiger partial charge is 0.381 e. The van der Waals surface area contributed by atoms with Gasteiger partial charge in [0, 0.05) is 20.0 Å². The standard InChI is InChI=1S/C7H12O/c1-8-7-5-3-2-4-6-7/h7H,3-6H2,1H3/q+1. The van der Waals surface area contributed by atoms with Crippen LogP contribution >= 0.6 is 0 Å². The van der Waals surface area contributed by atoms with Crippen LogP contribution in [0.5, 0.6) is 0 Å². The minimum absolute atomic E-state index is 0.524. The topological polar surface area (TPSA) is 9.23 Å². The maximum atomic E-state index is 5.15. The molecule has 8 heavy (non-hydrogen) atoms. The van der Waals surface area contributed by atoms with Crippen molar-refractivity contribution in [3.63, 3.8) is 0 Å². The molecule has 1 rings (SSSR count). The Hall–Kier alpha value is -0.170. The second-order valence-electron chi connectivity index (χ2n) is 2.19. The molecule has 0 spiro atoms. The molecule has 0 unspecified atom stereocenters. The quantitative estimate of drug-likeness (QED) is 0.469. The molecule has 0 aromatic carbocycles. The predicted molar refractivity (Wildman–Crippen MR) is 32.5 cm³/mol. The third kappa shape index (κ3) is 1.41. The molecule has 1 aliphatic carbocycles. The zero-order valence-electron chi connectivity index (χ0n) is 5.31. The van der Waals surface area contributed by atoms with E-state index in [0.29, 0.717) is 6.10 Å². The van der Waals surface area contributed by atoms with Crippen LogP contribution in [0.15, 0.2) is 0 Å². The maximum absolute atomic E-state index is 5.15. The van der Waals surface area contributed by atoms with Crippen molar-refractivity contribution in [2.75, 3.05) is 7.11 Å². The van der Waals surface area contributed by atoms with Crippen LogP contribution in [0.2, 0.25) is 0 Å². The van der Waals surface area contributed by atoms with Gasteiger partial charge in [-0.1, -0.05) is 0 Å². The van der Waals surface area contributed by atoms with Gasteiger partial charge >= 0.3 is 0 Å². The van der Waals surface area contributed by atoms with E-state index < -0.39 is 0 Å². The molecule has 0 heterocycles. The summed E-state index contributed by atoms with van der Waals surface area (Å²) in [5.74, 6) is 0. The summed E-state index contributed by atoms with van der Waals surface area (Å²) in [7, 11) is 1.79. The van der Waals surface area contributed by atoms with Crippen LogP contribution in [-0.4, -0.2) is 13.2 Å². The lowest BCUT2D eigenvalue weighted by molar-refractivity contribution is 0.0794. The van der Waals surface area contributed by atoms with Crippen molar-refractivity contribution in [2.45, 2.75) is 31.8 Å². The molecule has 0 N–H and O–H groups in total. The van der Waals surface area contributed by atoms with Crippen LogP contribution < -0.4 is 0 Å². The number of hydrogen-bond donors (Lipinski definition) is 0. The average molecular weight is 112 g/mol. The first-order chi connectivity index (χ1) is 3.93. The van der Waals surface area contributed by atoms with Crippen molar-refractivity contribution < 1.29 is 4.74 Å². The summed E-state index contributed by atoms with van der Waals surface area (Å²) >= 11 is 0. The van der Waals surface area contributed by atoms with Crippen molar-refractivity contribution in [1.82, 2.24) is 0 Å². The molecular weight excluding hydrogens is 100 g/mol. The van der Waals surface area contributed by atoms with E-state index in [9.17, 15) is 0 Å². The minimum atomic E-state index is 0.524. The monoisotopic (exact) mass is 112 g/mol. The highest BCUT2D eigenvalue weighted by Crippen LogP contribution is 2.18. The van der Waals surface area contributed by atoms with Gasteiger partial charge in [-0.25, -0.2) is 0 Å². The molecule has 1 nitrogen and oxygen atoms in total. The number of rotatable bonds is 1. The van der Waals surface area contributed by atoms with Crippen molar-refractivity contribution in [3.05, 3.63) is 6.42 Å². The third-order valence-corrected chi connectivity index (χ3v) is 1.62. The second kappa shape index (κ2) is 2.98. The molecule has 45 valence electrons. The Morgan fingerprint density at radius 3 is 2.38 bits per heavy atom. The number of methoxy groups -OCH3 is 1. The highest BCUT2D eigenvalue weighted by molar-refractivity contribution is 4.76. The molecule has 0 aromatic rings. The van der Waals surface area contributed by atoms with Crippen LogP contribution in [0.3, 0.4) is 0 Å². The fraction of sp³-hybridized carbons (Fsp3) is 0.857. The van der Waals surface area contributed by atoms with E-state index in [1.165, 1.54) is 12.8 Å². The predicted octanol–water partition coefficient (Wildman–Crippen LogP) is 1.66. The maximum Gasteiger partial charge on any atom is 0.272 e. The number of ether oxygens (including phenoxy) is 1. The Kier molecular flexibility index (Phi) is 2.22. The molecule has 0 aliphatic heterocycles. The van der Waals surface area contributed by atoms with Gasteiger partial charge in [0.25, 0.3) is 6.42 Å². The van der Waals surface area contributed by atoms with Gasteiger partial charge in [-0.2, -0.15) is 0 Å². The summed E-state index contributed by atoms with van der Waals surface area (Å²) < 4.78 is 5.15. The van der Waals surface area contributed by atoms with Crippen LogP contribution in [-0.2, 0) is 4.74 Å². The summed E-state index contributed by atoms with van der Waals surface area (Å²) in [6.07, 6.45) is 8.39. The lowest BCUT2D eigenvalue weighted by atomic mass is 9.98. The Bertz CT molecular complexity index is 55.4. The van der Waals surface area contributed by atoms with Crippen LogP contribution in [0, 0.1) is 6.42 Å². The Balaban J connectivity index is 2.13. The summed E-state index contributed by atoms with van der Waals surface area (Å²) in [5, 5.41) is 0. The third-order valence-electron chi connectivity index (χ3n) is 1.62. The molecule has 0 amide bonds. The van der Waals surface area contributed by atoms with E-state index in [2.05, 4.69) is 6.42 Å². The van der Waals surface area contributed by atoms with Gasteiger partial charge in [0.05, 0.1) is 6.10 Å². The van der Waals surface area contributed by atoms with Crippen molar-refractivity contribution in [1.29, 1.82) is 0 Å². The van der Waals surface area contributed by atoms with Crippen molar-refractivity contribution in [2.24, 2.45) is 0 Å². The Morgan fingerprint density at radius 1 is 1.38 bits per heavy atom. The van der Waals surface area contributed by atoms with Gasteiger partial charge in [0.1, 0.15) is 12.8 Å². The number of hydrogen-bond acceptors (Lipinski definition) is 1. The van der Waals surface area contributed by atoms with E-state index in [1.54, 1.807) is 7.11 Å². The van der Waals surface area contributed by atoms with E-state index in [0.717, 1.165) is 12.8 Å². The van der Waals surface area contributed by atoms with Crippen LogP contribution in [0.25, 0.3) is 0 Å². The van der Waals surface area contributed by atoms with Gasteiger partial charge in [-0.05, 0) is 0 Å². The lowest BCUT2D eigenvalue weighted by Crippen LogP contribution is -2.14. The summed E-state index contributed by atoms with van der Waals surface area (Å²) in [6.45, 7) is 0. The second-order valence-corrected chi connectivity index (χ2v) is 2.19. The van der Waals surface area contributed by atoms with Gasteiger partial charge in [0.2, 0.25) is 0 Å². The van der Waals surface area contributed by atoms with E-state index in [1.807, 2.05) is 0 Å². The van der Waals surface area contributed by atoms with E-state index in [-0.39, 0.29) is 0 Å². The van der Waals surface area contributed by atoms with Crippen molar-refractivity contribution in [3.8, 4) is 0 Å². The molecule has 0 bridgehead atoms. The molecule has 1 saturated carbocycles. The molecule has 0 saturated heterocycles. The summed E-state index contributed by atoms with van der Waals surface area (Å²) in [4.78, 5) is 0. The van der Waals surface area contributed by atoms with Crippen molar-refractivity contribution >= 4 is 0 Å². The highest BCUT2D eigenvalue weighted by Gasteiger charge is 2.20. The average Bonchev–Trinajstić information content (AvgIpc) is 1.90. The smallest absolute Gasteiger partial charge is 0.272 e. The molecule has 1 radical (unpaired) electrons. The Labute approximate surface area is 51.0 Å². The Morgan fingerprint density at radius 2 is 2.00 bits per heavy atom.